The van der Waals surface area contributed by atoms with E-state index in [0.717, 1.165) is 0 Å². The number of hydrogen-bond acceptors (Lipinski definition) is 0. The molecule has 1 heteroatoms. The minimum Gasteiger partial charge on any atom is -0.328 e. The zero-order chi connectivity index (χ0) is 11.2. The maximum absolute atomic E-state index is 2.51. The van der Waals surface area contributed by atoms with E-state index >= 15 is 0 Å². The van der Waals surface area contributed by atoms with Crippen molar-refractivity contribution >= 4 is 0 Å². The van der Waals surface area contributed by atoms with Gasteiger partial charge in [-0.15, -0.1) is 0 Å². The van der Waals surface area contributed by atoms with Crippen molar-refractivity contribution in [3.8, 4) is 0 Å². The van der Waals surface area contributed by atoms with Gasteiger partial charge in [0.25, 0.3) is 0 Å². The van der Waals surface area contributed by atoms with Crippen LogP contribution in [0.1, 0.15) is 90.9 Å². The fourth-order valence-electron chi connectivity index (χ4n) is 1.93. The summed E-state index contributed by atoms with van der Waals surface area (Å²) >= 11 is 0. The third kappa shape index (κ3) is 17.4. The molecular formula is C15H31Na. The van der Waals surface area contributed by atoms with Crippen LogP contribution in [0.15, 0.2) is 0 Å². The Hall–Kier alpha value is 1.00. The van der Waals surface area contributed by atoms with Crippen LogP contribution in [0.5, 0.6) is 0 Å². The Kier molecular flexibility index (Phi) is 22.2. The van der Waals surface area contributed by atoms with E-state index in [1.54, 1.807) is 0 Å². The van der Waals surface area contributed by atoms with Gasteiger partial charge in [-0.25, -0.2) is 0 Å². The van der Waals surface area contributed by atoms with Gasteiger partial charge in [0.15, 0.2) is 0 Å². The van der Waals surface area contributed by atoms with E-state index in [4.69, 9.17) is 0 Å². The fraction of sp³-hybridized carbons (Fsp3) is 0.933. The van der Waals surface area contributed by atoms with Gasteiger partial charge in [-0.3, -0.25) is 0 Å². The molecule has 0 bridgehead atoms. The molecule has 16 heavy (non-hydrogen) atoms. The molecule has 0 aromatic heterocycles. The van der Waals surface area contributed by atoms with Crippen LogP contribution in [0.25, 0.3) is 0 Å². The fourth-order valence-corrected chi connectivity index (χ4v) is 1.93. The van der Waals surface area contributed by atoms with Crippen molar-refractivity contribution in [1.29, 1.82) is 0 Å². The quantitative estimate of drug-likeness (QED) is 0.277. The predicted octanol–water partition coefficient (Wildman–Crippen LogP) is 2.92. The van der Waals surface area contributed by atoms with Gasteiger partial charge in [0.05, 0.1) is 0 Å². The van der Waals surface area contributed by atoms with Crippen molar-refractivity contribution in [1.82, 2.24) is 0 Å². The zero-order valence-corrected chi connectivity index (χ0v) is 14.1. The third-order valence-electron chi connectivity index (χ3n) is 3.02. The molecule has 0 aliphatic rings. The molecule has 0 unspecified atom stereocenters. The average Bonchev–Trinajstić information content (AvgIpc) is 2.26. The van der Waals surface area contributed by atoms with Gasteiger partial charge in [0, 0.05) is 0 Å². The zero-order valence-electron chi connectivity index (χ0n) is 12.1. The van der Waals surface area contributed by atoms with Crippen molar-refractivity contribution in [2.45, 2.75) is 90.9 Å². The van der Waals surface area contributed by atoms with Gasteiger partial charge >= 0.3 is 29.6 Å². The van der Waals surface area contributed by atoms with Gasteiger partial charge in [-0.2, -0.15) is 12.8 Å². The van der Waals surface area contributed by atoms with Gasteiger partial charge in [-0.05, 0) is 0 Å². The Morgan fingerprint density at radius 1 is 0.562 bits per heavy atom. The van der Waals surface area contributed by atoms with E-state index in [1.165, 1.54) is 77.0 Å². The van der Waals surface area contributed by atoms with Gasteiger partial charge in [0.1, 0.15) is 0 Å². The molecule has 0 aliphatic heterocycles. The summed E-state index contributed by atoms with van der Waals surface area (Å²) in [4.78, 5) is 0. The average molecular weight is 234 g/mol. The largest absolute Gasteiger partial charge is 1.00 e. The maximum atomic E-state index is 2.51. The molecule has 0 nitrogen and oxygen atoms in total. The van der Waals surface area contributed by atoms with E-state index in [1.807, 2.05) is 0 Å². The van der Waals surface area contributed by atoms with Crippen molar-refractivity contribution in [2.75, 3.05) is 0 Å². The van der Waals surface area contributed by atoms with Crippen LogP contribution in [0.3, 0.4) is 0 Å². The Morgan fingerprint density at radius 3 is 1.31 bits per heavy atom. The molecule has 0 saturated carbocycles. The van der Waals surface area contributed by atoms with Crippen molar-refractivity contribution < 1.29 is 29.6 Å². The molecular weight excluding hydrogens is 203 g/mol. The predicted molar refractivity (Wildman–Crippen MR) is 71.1 cm³/mol. The van der Waals surface area contributed by atoms with E-state index in [0.29, 0.717) is 0 Å². The van der Waals surface area contributed by atoms with Crippen LogP contribution in [-0.2, 0) is 0 Å². The topological polar surface area (TPSA) is 0 Å². The summed E-state index contributed by atoms with van der Waals surface area (Å²) in [7, 11) is 0. The first kappa shape index (κ1) is 19.3. The molecule has 0 aromatic carbocycles. The summed E-state index contributed by atoms with van der Waals surface area (Å²) < 4.78 is 0. The summed E-state index contributed by atoms with van der Waals surface area (Å²) in [5.41, 5.74) is 0. The molecule has 0 fully saturated rings. The van der Waals surface area contributed by atoms with Crippen LogP contribution in [0.2, 0.25) is 0 Å². The number of hydrogen-bond donors (Lipinski definition) is 0. The second kappa shape index (κ2) is 18.4. The molecule has 0 saturated heterocycles. The normalized spacial score (nSPS) is 10.1. The molecule has 92 valence electrons. The maximum Gasteiger partial charge on any atom is 1.00 e. The first-order valence-electron chi connectivity index (χ1n) is 7.23. The molecule has 0 amide bonds. The Morgan fingerprint density at radius 2 is 0.938 bits per heavy atom. The van der Waals surface area contributed by atoms with Gasteiger partial charge in [0.2, 0.25) is 0 Å². The summed E-state index contributed by atoms with van der Waals surface area (Å²) in [5.74, 6) is 0. The second-order valence-electron chi connectivity index (χ2n) is 4.69. The van der Waals surface area contributed by atoms with Crippen LogP contribution in [-0.4, -0.2) is 0 Å². The molecule has 0 aromatic rings. The Labute approximate surface area is 126 Å². The van der Waals surface area contributed by atoms with Crippen LogP contribution < -0.4 is 29.6 Å². The molecule has 0 N–H and O–H groups in total. The summed E-state index contributed by atoms with van der Waals surface area (Å²) in [5, 5.41) is 0. The van der Waals surface area contributed by atoms with Crippen LogP contribution in [0.4, 0.5) is 0 Å². The monoisotopic (exact) mass is 234 g/mol. The van der Waals surface area contributed by atoms with E-state index in [9.17, 15) is 0 Å². The summed E-state index contributed by atoms with van der Waals surface area (Å²) in [6.07, 6.45) is 19.4. The molecule has 0 radical (unpaired) electrons. The SMILES string of the molecule is CCCCCCC[CH-]CCCCCCC.[Na+]. The van der Waals surface area contributed by atoms with Gasteiger partial charge in [-0.1, -0.05) is 78.1 Å². The first-order valence-corrected chi connectivity index (χ1v) is 7.23. The first-order chi connectivity index (χ1) is 7.41. The summed E-state index contributed by atoms with van der Waals surface area (Å²) in [6.45, 7) is 4.56. The van der Waals surface area contributed by atoms with E-state index in [-0.39, 0.29) is 29.6 Å². The van der Waals surface area contributed by atoms with Crippen LogP contribution in [0, 0.1) is 6.42 Å². The molecule has 0 spiro atoms. The molecule has 0 rings (SSSR count). The number of unbranched alkanes of at least 4 members (excludes halogenated alkanes) is 12. The van der Waals surface area contributed by atoms with Gasteiger partial charge < -0.3 is 6.42 Å². The standard InChI is InChI=1S/C15H31.Na/c1-3-5-7-9-11-13-15-14-12-10-8-6-4-2;/h15H,3-14H2,1-2H3;/q-1;+1. The van der Waals surface area contributed by atoms with Crippen molar-refractivity contribution in [3.63, 3.8) is 0 Å². The molecule has 0 atom stereocenters. The van der Waals surface area contributed by atoms with E-state index in [2.05, 4.69) is 20.3 Å². The Balaban J connectivity index is 0. The van der Waals surface area contributed by atoms with Crippen molar-refractivity contribution in [3.05, 3.63) is 6.42 Å². The summed E-state index contributed by atoms with van der Waals surface area (Å²) in [6, 6.07) is 0. The van der Waals surface area contributed by atoms with Crippen molar-refractivity contribution in [2.24, 2.45) is 0 Å². The number of rotatable bonds is 12. The van der Waals surface area contributed by atoms with Crippen LogP contribution >= 0.6 is 0 Å². The minimum absolute atomic E-state index is 0. The molecule has 0 aliphatic carbocycles. The second-order valence-corrected chi connectivity index (χ2v) is 4.69. The van der Waals surface area contributed by atoms with E-state index < -0.39 is 0 Å². The third-order valence-corrected chi connectivity index (χ3v) is 3.02. The smallest absolute Gasteiger partial charge is 0.328 e. The minimum atomic E-state index is 0. The Bertz CT molecular complexity index is 89.6. The molecule has 0 heterocycles.